The van der Waals surface area contributed by atoms with Gasteiger partial charge in [-0.1, -0.05) is 12.1 Å². The molecule has 2 aliphatic heterocycles. The van der Waals surface area contributed by atoms with Crippen LogP contribution in [-0.4, -0.2) is 57.0 Å². The Balaban J connectivity index is 1.39. The zero-order chi connectivity index (χ0) is 19.0. The summed E-state index contributed by atoms with van der Waals surface area (Å²) in [7, 11) is 0. The van der Waals surface area contributed by atoms with Crippen molar-refractivity contribution in [1.82, 2.24) is 14.7 Å². The van der Waals surface area contributed by atoms with Crippen LogP contribution in [0.1, 0.15) is 36.2 Å². The van der Waals surface area contributed by atoms with Crippen molar-refractivity contribution in [3.05, 3.63) is 42.2 Å². The zero-order valence-electron chi connectivity index (χ0n) is 14.9. The third-order valence-corrected chi connectivity index (χ3v) is 5.08. The summed E-state index contributed by atoms with van der Waals surface area (Å²) < 4.78 is 13.4. The van der Waals surface area contributed by atoms with Gasteiger partial charge in [-0.3, -0.25) is 9.48 Å². The van der Waals surface area contributed by atoms with Gasteiger partial charge in [-0.15, -0.1) is 0 Å². The van der Waals surface area contributed by atoms with Crippen molar-refractivity contribution in [3.63, 3.8) is 0 Å². The number of hydrogen-bond acceptors (Lipinski definition) is 5. The fraction of sp³-hybridized carbons (Fsp3) is 0.421. The number of fused-ring (bicyclic) bond motifs is 1. The molecule has 2 atom stereocenters. The minimum Gasteiger partial charge on any atom is -0.482 e. The van der Waals surface area contributed by atoms with Crippen LogP contribution in [-0.2, 0) is 4.79 Å². The van der Waals surface area contributed by atoms with Crippen molar-refractivity contribution in [2.75, 3.05) is 13.1 Å². The Bertz CT molecular complexity index is 857. The van der Waals surface area contributed by atoms with Crippen LogP contribution in [0.4, 0.5) is 0 Å². The zero-order valence-corrected chi connectivity index (χ0v) is 14.9. The summed E-state index contributed by atoms with van der Waals surface area (Å²) in [5.74, 6) is 0.168. The summed E-state index contributed by atoms with van der Waals surface area (Å²) in [5, 5.41) is 13.2. The predicted octanol–water partition coefficient (Wildman–Crippen LogP) is 1.97. The molecule has 27 heavy (non-hydrogen) atoms. The van der Waals surface area contributed by atoms with E-state index in [1.165, 1.54) is 6.20 Å². The lowest BCUT2D eigenvalue weighted by Gasteiger charge is -2.37. The van der Waals surface area contributed by atoms with Crippen LogP contribution in [0, 0.1) is 0 Å². The van der Waals surface area contributed by atoms with Gasteiger partial charge in [0.2, 0.25) is 6.10 Å². The molecule has 2 unspecified atom stereocenters. The van der Waals surface area contributed by atoms with Gasteiger partial charge in [0.15, 0.2) is 11.5 Å². The number of nitrogens with zero attached hydrogens (tertiary/aromatic N) is 3. The summed E-state index contributed by atoms with van der Waals surface area (Å²) in [6.07, 6.45) is 3.29. The van der Waals surface area contributed by atoms with Gasteiger partial charge in [0, 0.05) is 19.3 Å². The quantitative estimate of drug-likeness (QED) is 0.887. The molecule has 4 rings (SSSR count). The van der Waals surface area contributed by atoms with E-state index in [0.29, 0.717) is 37.4 Å². The van der Waals surface area contributed by atoms with Crippen LogP contribution in [0.3, 0.4) is 0 Å². The summed E-state index contributed by atoms with van der Waals surface area (Å²) in [4.78, 5) is 25.7. The van der Waals surface area contributed by atoms with Gasteiger partial charge in [0.05, 0.1) is 17.8 Å². The predicted molar refractivity (Wildman–Crippen MR) is 95.0 cm³/mol. The molecule has 8 heteroatoms. The summed E-state index contributed by atoms with van der Waals surface area (Å²) >= 11 is 0. The monoisotopic (exact) mass is 371 g/mol. The standard InChI is InChI=1S/C19H21N3O5/c1-12-17(27-16-5-3-2-4-15(16)26-12)18(23)21-8-6-14(7-9-21)22-11-13(10-20-22)19(24)25/h2-5,10-12,14,17H,6-9H2,1H3,(H,24,25). The van der Waals surface area contributed by atoms with Crippen molar-refractivity contribution in [1.29, 1.82) is 0 Å². The minimum atomic E-state index is -0.988. The Morgan fingerprint density at radius 2 is 1.81 bits per heavy atom. The maximum absolute atomic E-state index is 12.9. The Morgan fingerprint density at radius 3 is 2.44 bits per heavy atom. The number of rotatable bonds is 3. The lowest BCUT2D eigenvalue weighted by molar-refractivity contribution is -0.145. The minimum absolute atomic E-state index is 0.0813. The highest BCUT2D eigenvalue weighted by Gasteiger charge is 2.38. The summed E-state index contributed by atoms with van der Waals surface area (Å²) in [6.45, 7) is 2.97. The van der Waals surface area contributed by atoms with Crippen LogP contribution in [0.25, 0.3) is 0 Å². The summed E-state index contributed by atoms with van der Waals surface area (Å²) in [6, 6.07) is 7.43. The number of hydrogen-bond donors (Lipinski definition) is 1. The van der Waals surface area contributed by atoms with Gasteiger partial charge in [-0.25, -0.2) is 4.79 Å². The highest BCUT2D eigenvalue weighted by Crippen LogP contribution is 2.34. The molecule has 0 spiro atoms. The van der Waals surface area contributed by atoms with E-state index in [2.05, 4.69) is 5.10 Å². The fourth-order valence-electron chi connectivity index (χ4n) is 3.57. The third kappa shape index (κ3) is 3.34. The number of carboxylic acid groups (broad SMARTS) is 1. The highest BCUT2D eigenvalue weighted by molar-refractivity contribution is 5.86. The molecule has 2 aliphatic rings. The lowest BCUT2D eigenvalue weighted by atomic mass is 10.0. The van der Waals surface area contributed by atoms with Gasteiger partial charge in [-0.05, 0) is 31.9 Å². The molecule has 1 aromatic carbocycles. The summed E-state index contributed by atoms with van der Waals surface area (Å²) in [5.41, 5.74) is 0.175. The molecular weight excluding hydrogens is 350 g/mol. The van der Waals surface area contributed by atoms with Gasteiger partial charge >= 0.3 is 5.97 Å². The molecule has 1 amide bonds. The second-order valence-electron chi connectivity index (χ2n) is 6.88. The topological polar surface area (TPSA) is 93.9 Å². The van der Waals surface area contributed by atoms with E-state index < -0.39 is 12.1 Å². The number of ether oxygens (including phenoxy) is 2. The molecule has 1 N–H and O–H groups in total. The van der Waals surface area contributed by atoms with Gasteiger partial charge in [0.1, 0.15) is 6.10 Å². The van der Waals surface area contributed by atoms with E-state index in [1.807, 2.05) is 25.1 Å². The van der Waals surface area contributed by atoms with Crippen LogP contribution in [0.2, 0.25) is 0 Å². The van der Waals surface area contributed by atoms with E-state index >= 15 is 0 Å². The molecule has 3 heterocycles. The molecule has 0 saturated carbocycles. The Morgan fingerprint density at radius 1 is 1.15 bits per heavy atom. The SMILES string of the molecule is CC1Oc2ccccc2OC1C(=O)N1CCC(n2cc(C(=O)O)cn2)CC1. The lowest BCUT2D eigenvalue weighted by Crippen LogP contribution is -2.52. The largest absolute Gasteiger partial charge is 0.482 e. The first-order valence-corrected chi connectivity index (χ1v) is 9.01. The highest BCUT2D eigenvalue weighted by atomic mass is 16.6. The molecule has 142 valence electrons. The Labute approximate surface area is 156 Å². The van der Waals surface area contributed by atoms with Crippen LogP contribution in [0.5, 0.6) is 11.5 Å². The number of carboxylic acids is 1. The smallest absolute Gasteiger partial charge is 0.338 e. The van der Waals surface area contributed by atoms with Gasteiger partial charge < -0.3 is 19.5 Å². The number of likely N-dealkylation sites (tertiary alicyclic amines) is 1. The fourth-order valence-corrected chi connectivity index (χ4v) is 3.57. The molecule has 2 aromatic rings. The molecule has 1 aromatic heterocycles. The van der Waals surface area contributed by atoms with E-state index in [-0.39, 0.29) is 23.6 Å². The average Bonchev–Trinajstić information content (AvgIpc) is 3.17. The number of aromatic nitrogens is 2. The van der Waals surface area contributed by atoms with Crippen LogP contribution in [0.15, 0.2) is 36.7 Å². The number of carbonyl (C=O) groups excluding carboxylic acids is 1. The van der Waals surface area contributed by atoms with Crippen LogP contribution >= 0.6 is 0 Å². The van der Waals surface area contributed by atoms with Crippen molar-refractivity contribution < 1.29 is 24.2 Å². The molecule has 1 fully saturated rings. The molecule has 0 radical (unpaired) electrons. The average molecular weight is 371 g/mol. The number of carbonyl (C=O) groups is 2. The second kappa shape index (κ2) is 6.94. The molecule has 0 aliphatic carbocycles. The maximum atomic E-state index is 12.9. The Hall–Kier alpha value is -3.03. The van der Waals surface area contributed by atoms with Crippen LogP contribution < -0.4 is 9.47 Å². The van der Waals surface area contributed by atoms with E-state index in [0.717, 1.165) is 0 Å². The first-order chi connectivity index (χ1) is 13.0. The maximum Gasteiger partial charge on any atom is 0.338 e. The van der Waals surface area contributed by atoms with Gasteiger partial charge in [0.25, 0.3) is 5.91 Å². The first-order valence-electron chi connectivity index (χ1n) is 9.01. The second-order valence-corrected chi connectivity index (χ2v) is 6.88. The van der Waals surface area contributed by atoms with Crippen molar-refractivity contribution in [2.45, 2.75) is 38.0 Å². The van der Waals surface area contributed by atoms with E-state index in [1.54, 1.807) is 21.8 Å². The Kier molecular flexibility index (Phi) is 4.47. The number of benzene rings is 1. The van der Waals surface area contributed by atoms with Crippen molar-refractivity contribution in [3.8, 4) is 11.5 Å². The molecule has 0 bridgehead atoms. The molecule has 8 nitrogen and oxygen atoms in total. The number of aromatic carboxylic acids is 1. The number of para-hydroxylation sites is 2. The number of piperidine rings is 1. The third-order valence-electron chi connectivity index (χ3n) is 5.08. The first kappa shape index (κ1) is 17.4. The van der Waals surface area contributed by atoms with E-state index in [9.17, 15) is 9.59 Å². The van der Waals surface area contributed by atoms with E-state index in [4.69, 9.17) is 14.6 Å². The normalized spacial score (nSPS) is 22.5. The van der Waals surface area contributed by atoms with Gasteiger partial charge in [-0.2, -0.15) is 5.10 Å². The molecular formula is C19H21N3O5. The van der Waals surface area contributed by atoms with Crippen molar-refractivity contribution >= 4 is 11.9 Å². The molecule has 1 saturated heterocycles. The van der Waals surface area contributed by atoms with Crippen molar-refractivity contribution in [2.24, 2.45) is 0 Å². The number of amides is 1.